The second-order valence-corrected chi connectivity index (χ2v) is 12.0. The average molecular weight is 564 g/mol. The van der Waals surface area contributed by atoms with Gasteiger partial charge in [0.2, 0.25) is 11.8 Å². The van der Waals surface area contributed by atoms with Crippen LogP contribution in [0.15, 0.2) is 83.8 Å². The second kappa shape index (κ2) is 14.1. The van der Waals surface area contributed by atoms with E-state index in [9.17, 15) is 18.0 Å². The molecule has 0 fully saturated rings. The smallest absolute Gasteiger partial charge is 0.264 e. The summed E-state index contributed by atoms with van der Waals surface area (Å²) >= 11 is 0. The number of hydrogen-bond acceptors (Lipinski definition) is 4. The van der Waals surface area contributed by atoms with Crippen molar-refractivity contribution in [3.8, 4) is 0 Å². The maximum Gasteiger partial charge on any atom is 0.264 e. The number of anilines is 1. The molecule has 40 heavy (non-hydrogen) atoms. The summed E-state index contributed by atoms with van der Waals surface area (Å²) in [5.41, 5.74) is 3.22. The molecule has 0 bridgehead atoms. The van der Waals surface area contributed by atoms with Gasteiger partial charge in [-0.1, -0.05) is 80.1 Å². The number of aryl methyl sites for hydroxylation is 2. The summed E-state index contributed by atoms with van der Waals surface area (Å²) < 4.78 is 29.2. The SMILES string of the molecule is CCc1ccccc1N(CC(=O)N(CCc1ccccc1)[C@@H](C)C(=O)N[C@H](C)CC)S(=O)(=O)c1ccc(C)cc1. The molecule has 0 aliphatic rings. The molecule has 2 atom stereocenters. The summed E-state index contributed by atoms with van der Waals surface area (Å²) in [6, 6.07) is 22.7. The van der Waals surface area contributed by atoms with Gasteiger partial charge < -0.3 is 10.2 Å². The third-order valence-electron chi connectivity index (χ3n) is 7.18. The lowest BCUT2D eigenvalue weighted by Crippen LogP contribution is -2.53. The number of benzene rings is 3. The third kappa shape index (κ3) is 7.72. The van der Waals surface area contributed by atoms with Gasteiger partial charge in [0.15, 0.2) is 0 Å². The minimum absolute atomic E-state index is 0.0455. The number of amides is 2. The highest BCUT2D eigenvalue weighted by Gasteiger charge is 2.33. The zero-order valence-electron chi connectivity index (χ0n) is 24.1. The molecule has 8 heteroatoms. The van der Waals surface area contributed by atoms with Crippen LogP contribution >= 0.6 is 0 Å². The molecule has 2 amide bonds. The van der Waals surface area contributed by atoms with Crippen LogP contribution < -0.4 is 9.62 Å². The Morgan fingerprint density at radius 1 is 0.875 bits per heavy atom. The molecule has 0 saturated heterocycles. The first-order valence-corrected chi connectivity index (χ1v) is 15.3. The second-order valence-electron chi connectivity index (χ2n) is 10.1. The van der Waals surface area contributed by atoms with E-state index in [0.717, 1.165) is 23.1 Å². The van der Waals surface area contributed by atoms with Crippen LogP contribution in [0.1, 0.15) is 50.8 Å². The van der Waals surface area contributed by atoms with Crippen LogP contribution in [0.4, 0.5) is 5.69 Å². The van der Waals surface area contributed by atoms with Crippen LogP contribution in [0.25, 0.3) is 0 Å². The van der Waals surface area contributed by atoms with Crippen molar-refractivity contribution >= 4 is 27.5 Å². The quantitative estimate of drug-likeness (QED) is 0.313. The number of para-hydroxylation sites is 1. The molecule has 0 aliphatic heterocycles. The zero-order valence-corrected chi connectivity index (χ0v) is 24.9. The molecule has 0 aromatic heterocycles. The van der Waals surface area contributed by atoms with E-state index < -0.39 is 28.5 Å². The molecular formula is C32H41N3O4S. The van der Waals surface area contributed by atoms with E-state index in [1.807, 2.05) is 70.2 Å². The van der Waals surface area contributed by atoms with Crippen LogP contribution in [-0.4, -0.2) is 50.3 Å². The van der Waals surface area contributed by atoms with Crippen molar-refractivity contribution in [3.05, 3.63) is 95.6 Å². The van der Waals surface area contributed by atoms with Gasteiger partial charge in [0.05, 0.1) is 10.6 Å². The number of carbonyl (C=O) groups is 2. The van der Waals surface area contributed by atoms with Crippen LogP contribution in [0.5, 0.6) is 0 Å². The molecule has 1 N–H and O–H groups in total. The summed E-state index contributed by atoms with van der Waals surface area (Å²) in [6.45, 7) is 9.27. The fraction of sp³-hybridized carbons (Fsp3) is 0.375. The van der Waals surface area contributed by atoms with Crippen molar-refractivity contribution in [3.63, 3.8) is 0 Å². The van der Waals surface area contributed by atoms with Gasteiger partial charge in [-0.3, -0.25) is 13.9 Å². The Kier molecular flexibility index (Phi) is 10.9. The highest BCUT2D eigenvalue weighted by atomic mass is 32.2. The molecule has 3 aromatic carbocycles. The van der Waals surface area contributed by atoms with Crippen molar-refractivity contribution in [1.29, 1.82) is 0 Å². The van der Waals surface area contributed by atoms with Crippen LogP contribution in [-0.2, 0) is 32.5 Å². The molecule has 0 radical (unpaired) electrons. The summed E-state index contributed by atoms with van der Waals surface area (Å²) in [7, 11) is -4.08. The molecule has 7 nitrogen and oxygen atoms in total. The molecule has 0 spiro atoms. The van der Waals surface area contributed by atoms with Crippen LogP contribution in [0.3, 0.4) is 0 Å². The van der Waals surface area contributed by atoms with Gasteiger partial charge in [-0.2, -0.15) is 0 Å². The number of nitrogens with zero attached hydrogens (tertiary/aromatic N) is 2. The number of nitrogens with one attached hydrogen (secondary N) is 1. The van der Waals surface area contributed by atoms with Gasteiger partial charge in [-0.25, -0.2) is 8.42 Å². The van der Waals surface area contributed by atoms with Crippen molar-refractivity contribution < 1.29 is 18.0 Å². The minimum Gasteiger partial charge on any atom is -0.352 e. The Bertz CT molecular complexity index is 1370. The zero-order chi connectivity index (χ0) is 29.3. The molecule has 0 saturated carbocycles. The summed E-state index contributed by atoms with van der Waals surface area (Å²) in [5.74, 6) is -0.706. The third-order valence-corrected chi connectivity index (χ3v) is 8.96. The first-order valence-electron chi connectivity index (χ1n) is 13.9. The van der Waals surface area contributed by atoms with Crippen molar-refractivity contribution in [1.82, 2.24) is 10.2 Å². The largest absolute Gasteiger partial charge is 0.352 e. The summed E-state index contributed by atoms with van der Waals surface area (Å²) in [5, 5.41) is 2.96. The summed E-state index contributed by atoms with van der Waals surface area (Å²) in [6.07, 6.45) is 1.88. The number of hydrogen-bond donors (Lipinski definition) is 1. The maximum absolute atomic E-state index is 14.0. The van der Waals surface area contributed by atoms with Crippen molar-refractivity contribution in [2.24, 2.45) is 0 Å². The van der Waals surface area contributed by atoms with Gasteiger partial charge >= 0.3 is 0 Å². The van der Waals surface area contributed by atoms with E-state index >= 15 is 0 Å². The van der Waals surface area contributed by atoms with Gasteiger partial charge in [0.1, 0.15) is 12.6 Å². The highest BCUT2D eigenvalue weighted by molar-refractivity contribution is 7.92. The van der Waals surface area contributed by atoms with E-state index in [2.05, 4.69) is 5.32 Å². The molecule has 0 heterocycles. The monoisotopic (exact) mass is 563 g/mol. The Balaban J connectivity index is 2.01. The lowest BCUT2D eigenvalue weighted by atomic mass is 10.1. The Hall–Kier alpha value is -3.65. The topological polar surface area (TPSA) is 86.8 Å². The van der Waals surface area contributed by atoms with E-state index in [4.69, 9.17) is 0 Å². The van der Waals surface area contributed by atoms with E-state index in [1.54, 1.807) is 43.3 Å². The van der Waals surface area contributed by atoms with E-state index in [1.165, 1.54) is 9.21 Å². The lowest BCUT2D eigenvalue weighted by molar-refractivity contribution is -0.139. The van der Waals surface area contributed by atoms with Gasteiger partial charge in [0, 0.05) is 12.6 Å². The number of rotatable bonds is 13. The molecular weight excluding hydrogens is 522 g/mol. The van der Waals surface area contributed by atoms with Crippen LogP contribution in [0.2, 0.25) is 0 Å². The molecule has 3 aromatic rings. The van der Waals surface area contributed by atoms with Crippen molar-refractivity contribution in [2.45, 2.75) is 70.9 Å². The predicted octanol–water partition coefficient (Wildman–Crippen LogP) is 5.13. The van der Waals surface area contributed by atoms with Gasteiger partial charge in [-0.15, -0.1) is 0 Å². The minimum atomic E-state index is -4.08. The van der Waals surface area contributed by atoms with Crippen LogP contribution in [0, 0.1) is 6.92 Å². The fourth-order valence-corrected chi connectivity index (χ4v) is 5.89. The van der Waals surface area contributed by atoms with E-state index in [-0.39, 0.29) is 23.4 Å². The molecule has 0 unspecified atom stereocenters. The first kappa shape index (κ1) is 30.9. The Labute approximate surface area is 239 Å². The predicted molar refractivity (Wildman–Crippen MR) is 161 cm³/mol. The number of carbonyl (C=O) groups excluding carboxylic acids is 2. The Morgan fingerprint density at radius 3 is 2.12 bits per heavy atom. The molecule has 214 valence electrons. The standard InChI is InChI=1S/C32H41N3O4S/c1-6-25(4)33-32(37)26(5)34(22-21-27-13-9-8-10-14-27)31(36)23-35(30-16-12-11-15-28(30)7-2)40(38,39)29-19-17-24(3)18-20-29/h8-20,25-26H,6-7,21-23H2,1-5H3,(H,33,37)/t25-,26+/m1/s1. The fourth-order valence-electron chi connectivity index (χ4n) is 4.44. The molecule has 3 rings (SSSR count). The highest BCUT2D eigenvalue weighted by Crippen LogP contribution is 2.28. The maximum atomic E-state index is 14.0. The lowest BCUT2D eigenvalue weighted by Gasteiger charge is -2.33. The van der Waals surface area contributed by atoms with Gasteiger partial charge in [0.25, 0.3) is 10.0 Å². The van der Waals surface area contributed by atoms with Crippen molar-refractivity contribution in [2.75, 3.05) is 17.4 Å². The Morgan fingerprint density at radius 2 is 1.50 bits per heavy atom. The number of sulfonamides is 1. The first-order chi connectivity index (χ1) is 19.1. The normalized spacial score (nSPS) is 12.8. The summed E-state index contributed by atoms with van der Waals surface area (Å²) in [4.78, 5) is 28.8. The average Bonchev–Trinajstić information content (AvgIpc) is 2.96. The van der Waals surface area contributed by atoms with E-state index in [0.29, 0.717) is 18.5 Å². The van der Waals surface area contributed by atoms with Gasteiger partial charge in [-0.05, 0) is 69.4 Å². The molecule has 0 aliphatic carbocycles.